The van der Waals surface area contributed by atoms with Crippen LogP contribution in [-0.2, 0) is 0 Å². The van der Waals surface area contributed by atoms with Gasteiger partial charge in [-0.1, -0.05) is 121 Å². The normalized spacial score (nSPS) is 11.6. The van der Waals surface area contributed by atoms with Gasteiger partial charge in [0.1, 0.15) is 121 Å². The average Bonchev–Trinajstić information content (AvgIpc) is 3.71. The third kappa shape index (κ3) is 6.60. The Kier molecular flexibility index (Phi) is 10.9. The van der Waals surface area contributed by atoms with Crippen molar-refractivity contribution in [2.45, 2.75) is 0 Å². The summed E-state index contributed by atoms with van der Waals surface area (Å²) in [5, 5.41) is 7.93. The second-order valence-electron chi connectivity index (χ2n) is 19.3. The second kappa shape index (κ2) is 16.4. The zero-order valence-electron chi connectivity index (χ0n) is 41.3. The van der Waals surface area contributed by atoms with Crippen LogP contribution < -0.4 is 81.4 Å². The summed E-state index contributed by atoms with van der Waals surface area (Å²) in [6.45, 7) is 0. The largest absolute Gasteiger partial charge is 0.456 e. The lowest BCUT2D eigenvalue weighted by Gasteiger charge is -2.28. The molecule has 0 aliphatic heterocycles. The molecule has 0 atom stereocenters. The highest BCUT2D eigenvalue weighted by Crippen LogP contribution is 2.40. The molecule has 10 aromatic rings. The predicted octanol–water partition coefficient (Wildman–Crippen LogP) is -10.0. The molecule has 0 saturated heterocycles. The Bertz CT molecular complexity index is 3520. The summed E-state index contributed by atoms with van der Waals surface area (Å²) in [6, 6.07) is 42.3. The number of fused-ring (bicyclic) bond motifs is 5. The van der Waals surface area contributed by atoms with E-state index in [1.807, 2.05) is 6.07 Å². The first-order chi connectivity index (χ1) is 31.6. The van der Waals surface area contributed by atoms with Gasteiger partial charge in [-0.3, -0.25) is 0 Å². The van der Waals surface area contributed by atoms with Crippen molar-refractivity contribution in [1.29, 1.82) is 0 Å². The molecular formula is C50H47B14NO. The number of nitrogens with zero attached hydrogens (tertiary/aromatic N) is 1. The van der Waals surface area contributed by atoms with Crippen LogP contribution in [0.15, 0.2) is 120 Å². The van der Waals surface area contributed by atoms with E-state index < -0.39 is 0 Å². The molecular weight excluding hydrogens is 782 g/mol. The first kappa shape index (κ1) is 43.9. The Morgan fingerprint density at radius 1 is 0.273 bits per heavy atom. The minimum atomic E-state index is 0.907. The molecule has 0 fully saturated rings. The van der Waals surface area contributed by atoms with Gasteiger partial charge in [-0.15, -0.1) is 21.9 Å². The van der Waals surface area contributed by atoms with Crippen LogP contribution in [0.3, 0.4) is 0 Å². The predicted molar refractivity (Wildman–Crippen MR) is 334 cm³/mol. The summed E-state index contributed by atoms with van der Waals surface area (Å²) >= 11 is 0. The summed E-state index contributed by atoms with van der Waals surface area (Å²) < 4.78 is 6.29. The smallest absolute Gasteiger partial charge is 0.140 e. The molecule has 0 unspecified atom stereocenters. The molecule has 16 heteroatoms. The van der Waals surface area contributed by atoms with Crippen molar-refractivity contribution in [3.05, 3.63) is 115 Å². The van der Waals surface area contributed by atoms with E-state index in [1.165, 1.54) is 126 Å². The van der Waals surface area contributed by atoms with Gasteiger partial charge in [-0.2, -0.15) is 0 Å². The Balaban J connectivity index is 1.11. The number of benzene rings is 9. The van der Waals surface area contributed by atoms with Crippen LogP contribution in [0.25, 0.3) is 76.9 Å². The molecule has 0 aliphatic rings. The maximum atomic E-state index is 6.29. The van der Waals surface area contributed by atoms with E-state index in [9.17, 15) is 0 Å². The number of para-hydroxylation sites is 1. The van der Waals surface area contributed by atoms with E-state index in [4.69, 9.17) is 4.42 Å². The Morgan fingerprint density at radius 2 is 0.621 bits per heavy atom. The van der Waals surface area contributed by atoms with E-state index in [-0.39, 0.29) is 0 Å². The zero-order chi connectivity index (χ0) is 46.6. The lowest BCUT2D eigenvalue weighted by atomic mass is 9.58. The molecule has 0 saturated carbocycles. The number of rotatable bonds is 6. The molecule has 0 aliphatic carbocycles. The fourth-order valence-electron chi connectivity index (χ4n) is 11.7. The number of hydrogen-bond donors (Lipinski definition) is 0. The fourth-order valence-corrected chi connectivity index (χ4v) is 11.7. The molecule has 0 amide bonds. The number of hydrogen-bond acceptors (Lipinski definition) is 2. The molecule has 1 heterocycles. The van der Waals surface area contributed by atoms with Crippen molar-refractivity contribution < 1.29 is 4.42 Å². The summed E-state index contributed by atoms with van der Waals surface area (Å²) in [5.41, 5.74) is 32.0. The summed E-state index contributed by atoms with van der Waals surface area (Å²) in [7, 11) is 32.2. The second-order valence-corrected chi connectivity index (χ2v) is 19.3. The van der Waals surface area contributed by atoms with Gasteiger partial charge in [0.15, 0.2) is 0 Å². The zero-order valence-corrected chi connectivity index (χ0v) is 41.3. The maximum Gasteiger partial charge on any atom is 0.140 e. The van der Waals surface area contributed by atoms with E-state index in [0.29, 0.717) is 0 Å². The van der Waals surface area contributed by atoms with Gasteiger partial charge >= 0.3 is 0 Å². The summed E-state index contributed by atoms with van der Waals surface area (Å²) in [6.07, 6.45) is 0. The molecule has 9 aromatic carbocycles. The third-order valence-electron chi connectivity index (χ3n) is 16.2. The molecule has 0 bridgehead atoms. The van der Waals surface area contributed by atoms with Crippen LogP contribution in [0.5, 0.6) is 0 Å². The van der Waals surface area contributed by atoms with Crippen LogP contribution in [0.2, 0.25) is 0 Å². The van der Waals surface area contributed by atoms with Crippen LogP contribution >= 0.6 is 0 Å². The topological polar surface area (TPSA) is 16.4 Å². The van der Waals surface area contributed by atoms with Crippen LogP contribution in [0, 0.1) is 0 Å². The molecule has 1 aromatic heterocycles. The highest BCUT2D eigenvalue weighted by Gasteiger charge is 2.22. The first-order valence-electron chi connectivity index (χ1n) is 23.6. The van der Waals surface area contributed by atoms with Gasteiger partial charge in [0, 0.05) is 27.8 Å². The lowest BCUT2D eigenvalue weighted by Crippen LogP contribution is -2.52. The van der Waals surface area contributed by atoms with Crippen LogP contribution in [-0.4, -0.2) is 110 Å². The highest BCUT2D eigenvalue weighted by molar-refractivity contribution is 6.73. The van der Waals surface area contributed by atoms with Gasteiger partial charge in [0.2, 0.25) is 0 Å². The average molecular weight is 829 g/mol. The Morgan fingerprint density at radius 3 is 1.05 bits per heavy atom. The SMILES string of the molecule is Bc1c(B)c(B)c2c(B)c(-c3ccc(N(c4ccc(-c5c(B)c(B)c6c(B)c(B)c(B)c(B)c6c5B)cc4)c4ccc(-c5cccc6oc7ccccc7c56)cc4)cc3)c(B)c(B)c2c1B. The molecule has 0 spiro atoms. The van der Waals surface area contributed by atoms with Gasteiger partial charge in [0.05, 0.1) is 0 Å². The van der Waals surface area contributed by atoms with E-state index in [1.54, 1.807) is 0 Å². The number of anilines is 3. The van der Waals surface area contributed by atoms with Crippen molar-refractivity contribution in [3.63, 3.8) is 0 Å². The maximum absolute atomic E-state index is 6.29. The molecule has 0 radical (unpaired) electrons. The van der Waals surface area contributed by atoms with Crippen molar-refractivity contribution in [2.24, 2.45) is 0 Å². The minimum absolute atomic E-state index is 0.907. The highest BCUT2D eigenvalue weighted by atomic mass is 16.3. The monoisotopic (exact) mass is 831 g/mol. The van der Waals surface area contributed by atoms with Crippen molar-refractivity contribution >= 4 is 247 Å². The minimum Gasteiger partial charge on any atom is -0.456 e. The molecule has 300 valence electrons. The van der Waals surface area contributed by atoms with Gasteiger partial charge in [-0.25, -0.2) is 0 Å². The van der Waals surface area contributed by atoms with Gasteiger partial charge < -0.3 is 9.32 Å². The van der Waals surface area contributed by atoms with Crippen molar-refractivity contribution in [2.75, 3.05) is 4.90 Å². The third-order valence-corrected chi connectivity index (χ3v) is 16.2. The van der Waals surface area contributed by atoms with Gasteiger partial charge in [0.25, 0.3) is 0 Å². The Hall–Kier alpha value is -5.99. The fraction of sp³-hybridized carbons (Fsp3) is 0. The summed E-state index contributed by atoms with van der Waals surface area (Å²) in [5.74, 6) is 0. The van der Waals surface area contributed by atoms with Crippen molar-refractivity contribution in [1.82, 2.24) is 0 Å². The van der Waals surface area contributed by atoms with Crippen LogP contribution in [0.4, 0.5) is 17.1 Å². The quantitative estimate of drug-likeness (QED) is 0.155. The molecule has 2 nitrogen and oxygen atoms in total. The summed E-state index contributed by atoms with van der Waals surface area (Å²) in [4.78, 5) is 2.40. The van der Waals surface area contributed by atoms with Crippen molar-refractivity contribution in [3.8, 4) is 33.4 Å². The first-order valence-corrected chi connectivity index (χ1v) is 23.6. The Labute approximate surface area is 402 Å². The van der Waals surface area contributed by atoms with Crippen LogP contribution in [0.1, 0.15) is 0 Å². The van der Waals surface area contributed by atoms with E-state index >= 15 is 0 Å². The standard InChI is InChI=1S/C50H47B14NO/c51-37-30(39(53)41(55)35-33(37)43(57)47(61)49(63)45(35)59)21-10-16-24(17-11-21)65(23-14-8-20(9-15-23)26-5-3-7-29-32(26)27-4-1-2-6-28(27)66-29)25-18-12-22(13-19-25)31-38(52)34-36(42(56)40(31)54)46(60)50(64)48(62)44(34)58/h1-19H,51-64H2. The number of furan rings is 1. The molecule has 10 rings (SSSR count). The van der Waals surface area contributed by atoms with E-state index in [2.05, 4.69) is 224 Å². The molecule has 0 N–H and O–H groups in total. The molecule has 66 heavy (non-hydrogen) atoms. The van der Waals surface area contributed by atoms with Gasteiger partial charge in [-0.05, 0) is 103 Å². The van der Waals surface area contributed by atoms with E-state index in [0.717, 1.165) is 44.6 Å². The lowest BCUT2D eigenvalue weighted by molar-refractivity contribution is 0.669.